The largest absolute Gasteiger partial charge is 0.487 e. The minimum atomic E-state index is -4.07. The predicted octanol–water partition coefficient (Wildman–Crippen LogP) is 2.63. The summed E-state index contributed by atoms with van der Waals surface area (Å²) in [5, 5.41) is 10.7. The van der Waals surface area contributed by atoms with Crippen LogP contribution in [0.5, 0.6) is 5.75 Å². The van der Waals surface area contributed by atoms with Crippen LogP contribution in [0.3, 0.4) is 0 Å². The maximum atomic E-state index is 14.5. The van der Waals surface area contributed by atoms with Crippen molar-refractivity contribution in [1.29, 1.82) is 0 Å². The molecule has 0 saturated heterocycles. The molecule has 0 bridgehead atoms. The monoisotopic (exact) mass is 300 g/mol. The van der Waals surface area contributed by atoms with E-state index in [1.807, 2.05) is 0 Å². The van der Waals surface area contributed by atoms with Crippen molar-refractivity contribution in [3.8, 4) is 5.75 Å². The Morgan fingerprint density at radius 3 is 2.67 bits per heavy atom. The number of esters is 1. The number of fused-ring (bicyclic) bond motifs is 1. The quantitative estimate of drug-likeness (QED) is 0.872. The van der Waals surface area contributed by atoms with E-state index in [0.717, 1.165) is 0 Å². The number of alkyl halides is 2. The number of hydrogen-bond donors (Lipinski definition) is 1. The van der Waals surface area contributed by atoms with Crippen LogP contribution in [0, 0.1) is 0 Å². The third-order valence-electron chi connectivity index (χ3n) is 3.45. The molecule has 0 radical (unpaired) electrons. The van der Waals surface area contributed by atoms with Crippen LogP contribution in [0.1, 0.15) is 32.8 Å². The van der Waals surface area contributed by atoms with Crippen LogP contribution in [-0.2, 0) is 15.1 Å². The Labute approximate surface area is 121 Å². The zero-order chi connectivity index (χ0) is 15.9. The molecular weight excluding hydrogens is 282 g/mol. The highest BCUT2D eigenvalue weighted by Gasteiger charge is 2.64. The molecule has 1 atom stereocenters. The van der Waals surface area contributed by atoms with E-state index in [1.54, 1.807) is 19.9 Å². The molecule has 2 rings (SSSR count). The van der Waals surface area contributed by atoms with E-state index < -0.39 is 29.5 Å². The van der Waals surface area contributed by atoms with Gasteiger partial charge in [-0.15, -0.1) is 0 Å². The summed E-state index contributed by atoms with van der Waals surface area (Å²) in [6.45, 7) is 4.40. The molecule has 0 aromatic heterocycles. The molecule has 1 aromatic carbocycles. The predicted molar refractivity (Wildman–Crippen MR) is 71.2 cm³/mol. The number of halogens is 2. The fourth-order valence-corrected chi connectivity index (χ4v) is 2.61. The van der Waals surface area contributed by atoms with E-state index in [-0.39, 0.29) is 17.9 Å². The molecule has 1 N–H and O–H groups in total. The molecule has 0 spiro atoms. The van der Waals surface area contributed by atoms with E-state index in [1.165, 1.54) is 25.1 Å². The lowest BCUT2D eigenvalue weighted by Crippen LogP contribution is -2.57. The molecule has 1 aromatic rings. The number of ether oxygens (including phenoxy) is 2. The summed E-state index contributed by atoms with van der Waals surface area (Å²) in [5.41, 5.74) is -3.82. The third kappa shape index (κ3) is 2.48. The molecule has 116 valence electrons. The Morgan fingerprint density at radius 2 is 2.05 bits per heavy atom. The van der Waals surface area contributed by atoms with Gasteiger partial charge in [-0.05, 0) is 26.8 Å². The number of aliphatic hydroxyl groups is 1. The number of carbonyl (C=O) groups is 1. The van der Waals surface area contributed by atoms with Gasteiger partial charge in [-0.1, -0.05) is 18.2 Å². The summed E-state index contributed by atoms with van der Waals surface area (Å²) in [5.74, 6) is -5.67. The minimum Gasteiger partial charge on any atom is -0.487 e. The second-order valence-electron chi connectivity index (χ2n) is 5.69. The first-order valence-electron chi connectivity index (χ1n) is 6.70. The van der Waals surface area contributed by atoms with Crippen molar-refractivity contribution in [2.45, 2.75) is 44.3 Å². The summed E-state index contributed by atoms with van der Waals surface area (Å²) >= 11 is 0. The Hall–Kier alpha value is -1.69. The Morgan fingerprint density at radius 1 is 1.43 bits per heavy atom. The highest BCUT2D eigenvalue weighted by Crippen LogP contribution is 2.51. The van der Waals surface area contributed by atoms with Gasteiger partial charge in [0.05, 0.1) is 6.61 Å². The number of benzene rings is 1. The standard InChI is InChI=1S/C15H18F2O4/c1-4-20-12(18)15(16,17)14(19)9-13(2,3)21-11-8-6-5-7-10(11)14/h5-8,19H,4,9H2,1-3H3. The molecule has 0 amide bonds. The zero-order valence-electron chi connectivity index (χ0n) is 12.2. The van der Waals surface area contributed by atoms with Crippen LogP contribution < -0.4 is 4.74 Å². The Bertz CT molecular complexity index is 556. The van der Waals surface area contributed by atoms with Crippen molar-refractivity contribution in [3.63, 3.8) is 0 Å². The van der Waals surface area contributed by atoms with Gasteiger partial charge < -0.3 is 14.6 Å². The normalized spacial score (nSPS) is 23.9. The minimum absolute atomic E-state index is 0.109. The van der Waals surface area contributed by atoms with Crippen molar-refractivity contribution in [2.24, 2.45) is 0 Å². The smallest absolute Gasteiger partial charge is 0.380 e. The fourth-order valence-electron chi connectivity index (χ4n) is 2.61. The molecule has 0 saturated carbocycles. The number of para-hydroxylation sites is 1. The molecule has 6 heteroatoms. The average molecular weight is 300 g/mol. The van der Waals surface area contributed by atoms with Crippen molar-refractivity contribution >= 4 is 5.97 Å². The van der Waals surface area contributed by atoms with Crippen LogP contribution in [-0.4, -0.2) is 29.2 Å². The molecule has 1 heterocycles. The van der Waals surface area contributed by atoms with Crippen molar-refractivity contribution in [1.82, 2.24) is 0 Å². The first-order chi connectivity index (χ1) is 9.64. The first kappa shape index (κ1) is 15.7. The molecule has 1 unspecified atom stereocenters. The van der Waals surface area contributed by atoms with Gasteiger partial charge in [0, 0.05) is 12.0 Å². The van der Waals surface area contributed by atoms with Crippen molar-refractivity contribution in [2.75, 3.05) is 6.61 Å². The molecule has 4 nitrogen and oxygen atoms in total. The van der Waals surface area contributed by atoms with Gasteiger partial charge in [0.25, 0.3) is 0 Å². The van der Waals surface area contributed by atoms with Crippen LogP contribution in [0.4, 0.5) is 8.78 Å². The van der Waals surface area contributed by atoms with Gasteiger partial charge in [-0.3, -0.25) is 0 Å². The van der Waals surface area contributed by atoms with Gasteiger partial charge >= 0.3 is 11.9 Å². The zero-order valence-corrected chi connectivity index (χ0v) is 12.2. The van der Waals surface area contributed by atoms with Gasteiger partial charge in [-0.25, -0.2) is 4.79 Å². The number of rotatable bonds is 3. The molecule has 1 aliphatic heterocycles. The number of carbonyl (C=O) groups excluding carboxylic acids is 1. The summed E-state index contributed by atoms with van der Waals surface area (Å²) in [6, 6.07) is 5.94. The summed E-state index contributed by atoms with van der Waals surface area (Å²) in [7, 11) is 0. The van der Waals surface area contributed by atoms with Crippen molar-refractivity contribution < 1.29 is 28.2 Å². The fraction of sp³-hybridized carbons (Fsp3) is 0.533. The lowest BCUT2D eigenvalue weighted by atomic mass is 9.76. The summed E-state index contributed by atoms with van der Waals surface area (Å²) in [4.78, 5) is 11.6. The lowest BCUT2D eigenvalue weighted by Gasteiger charge is -2.45. The van der Waals surface area contributed by atoms with Crippen LogP contribution in [0.2, 0.25) is 0 Å². The molecule has 1 aliphatic rings. The highest BCUT2D eigenvalue weighted by molar-refractivity contribution is 5.80. The Balaban J connectivity index is 2.57. The van der Waals surface area contributed by atoms with Crippen LogP contribution in [0.25, 0.3) is 0 Å². The Kier molecular flexibility index (Phi) is 3.70. The van der Waals surface area contributed by atoms with E-state index >= 15 is 0 Å². The summed E-state index contributed by atoms with van der Waals surface area (Å²) in [6.07, 6.45) is -0.428. The maximum absolute atomic E-state index is 14.5. The van der Waals surface area contributed by atoms with Crippen LogP contribution in [0.15, 0.2) is 24.3 Å². The van der Waals surface area contributed by atoms with Gasteiger partial charge in [0.15, 0.2) is 5.60 Å². The molecular formula is C15H18F2O4. The first-order valence-corrected chi connectivity index (χ1v) is 6.70. The second-order valence-corrected chi connectivity index (χ2v) is 5.69. The second kappa shape index (κ2) is 4.94. The van der Waals surface area contributed by atoms with E-state index in [9.17, 15) is 18.7 Å². The van der Waals surface area contributed by atoms with Gasteiger partial charge in [0.2, 0.25) is 0 Å². The molecule has 0 aliphatic carbocycles. The van der Waals surface area contributed by atoms with Crippen LogP contribution >= 0.6 is 0 Å². The average Bonchev–Trinajstić information content (AvgIpc) is 2.37. The maximum Gasteiger partial charge on any atom is 0.380 e. The van der Waals surface area contributed by atoms with Gasteiger partial charge in [0.1, 0.15) is 11.4 Å². The van der Waals surface area contributed by atoms with Gasteiger partial charge in [-0.2, -0.15) is 8.78 Å². The van der Waals surface area contributed by atoms with E-state index in [4.69, 9.17) is 4.74 Å². The van der Waals surface area contributed by atoms with E-state index in [0.29, 0.717) is 0 Å². The number of hydrogen-bond acceptors (Lipinski definition) is 4. The summed E-state index contributed by atoms with van der Waals surface area (Å²) < 4.78 is 39.1. The molecule has 21 heavy (non-hydrogen) atoms. The highest BCUT2D eigenvalue weighted by atomic mass is 19.3. The lowest BCUT2D eigenvalue weighted by molar-refractivity contribution is -0.232. The SMILES string of the molecule is CCOC(=O)C(F)(F)C1(O)CC(C)(C)Oc2ccccc21. The molecule has 0 fully saturated rings. The van der Waals surface area contributed by atoms with E-state index in [2.05, 4.69) is 4.74 Å². The third-order valence-corrected chi connectivity index (χ3v) is 3.45. The topological polar surface area (TPSA) is 55.8 Å². The van der Waals surface area contributed by atoms with Crippen molar-refractivity contribution in [3.05, 3.63) is 29.8 Å².